The van der Waals surface area contributed by atoms with E-state index in [1.54, 1.807) is 0 Å². The Balaban J connectivity index is 1.86. The summed E-state index contributed by atoms with van der Waals surface area (Å²) in [6.07, 6.45) is 16.7. The van der Waals surface area contributed by atoms with Crippen molar-refractivity contribution in [2.45, 2.75) is 69.7 Å². The van der Waals surface area contributed by atoms with Crippen LogP contribution in [0.25, 0.3) is 0 Å². The topological polar surface area (TPSA) is 12.0 Å². The van der Waals surface area contributed by atoms with E-state index in [1.807, 2.05) is 0 Å². The van der Waals surface area contributed by atoms with Crippen molar-refractivity contribution >= 4 is 0 Å². The van der Waals surface area contributed by atoms with E-state index in [4.69, 9.17) is 0 Å². The van der Waals surface area contributed by atoms with Gasteiger partial charge in [-0.2, -0.15) is 0 Å². The molecule has 14 heavy (non-hydrogen) atoms. The minimum Gasteiger partial charge on any atom is -0.311 e. The average Bonchev–Trinajstić information content (AvgIpc) is 2.66. The molecule has 0 bridgehead atoms. The highest BCUT2D eigenvalue weighted by atomic mass is 15.0. The maximum absolute atomic E-state index is 3.81. The molecule has 1 spiro atoms. The molecule has 1 N–H and O–H groups in total. The number of rotatable bonds is 0. The first-order valence-electron chi connectivity index (χ1n) is 6.51. The summed E-state index contributed by atoms with van der Waals surface area (Å²) in [4.78, 5) is 0. The van der Waals surface area contributed by atoms with Gasteiger partial charge in [-0.1, -0.05) is 38.5 Å². The molecule has 0 aromatic carbocycles. The van der Waals surface area contributed by atoms with Crippen LogP contribution in [-0.4, -0.2) is 12.1 Å². The van der Waals surface area contributed by atoms with E-state index >= 15 is 0 Å². The van der Waals surface area contributed by atoms with Gasteiger partial charge in [-0.3, -0.25) is 0 Å². The third-order valence-electron chi connectivity index (χ3n) is 3.89. The Hall–Kier alpha value is -0.0400. The Morgan fingerprint density at radius 2 is 1.50 bits per heavy atom. The Bertz CT molecular complexity index is 147. The van der Waals surface area contributed by atoms with Gasteiger partial charge in [0.25, 0.3) is 0 Å². The molecule has 1 heterocycles. The Kier molecular flexibility index (Phi) is 3.86. The van der Waals surface area contributed by atoms with E-state index in [-0.39, 0.29) is 0 Å². The quantitative estimate of drug-likeness (QED) is 0.623. The summed E-state index contributed by atoms with van der Waals surface area (Å²) in [5, 5.41) is 3.81. The lowest BCUT2D eigenvalue weighted by Gasteiger charge is -2.31. The smallest absolute Gasteiger partial charge is 0.0213 e. The fourth-order valence-electron chi connectivity index (χ4n) is 2.98. The molecule has 1 saturated heterocycles. The van der Waals surface area contributed by atoms with Crippen molar-refractivity contribution in [3.8, 4) is 0 Å². The summed E-state index contributed by atoms with van der Waals surface area (Å²) < 4.78 is 0. The summed E-state index contributed by atoms with van der Waals surface area (Å²) in [6, 6.07) is 0. The fourth-order valence-corrected chi connectivity index (χ4v) is 2.98. The Morgan fingerprint density at radius 3 is 2.29 bits per heavy atom. The van der Waals surface area contributed by atoms with Crippen LogP contribution in [-0.2, 0) is 0 Å². The summed E-state index contributed by atoms with van der Waals surface area (Å²) in [5.41, 5.74) is 0.456. The standard InChI is InChI=1S/C13H24N/c1-2-4-8-12-14-13(9-5-3-1)10-6-7-11-13/h10,14H,1-9,11-12H2. The zero-order chi connectivity index (χ0) is 9.69. The predicted octanol–water partition coefficient (Wildman–Crippen LogP) is 3.45. The average molecular weight is 194 g/mol. The first-order valence-corrected chi connectivity index (χ1v) is 6.51. The van der Waals surface area contributed by atoms with Crippen LogP contribution in [0.4, 0.5) is 0 Å². The summed E-state index contributed by atoms with van der Waals surface area (Å²) in [7, 11) is 0. The largest absolute Gasteiger partial charge is 0.311 e. The van der Waals surface area contributed by atoms with Gasteiger partial charge in [0, 0.05) is 5.54 Å². The second-order valence-corrected chi connectivity index (χ2v) is 5.05. The number of hydrogen-bond donors (Lipinski definition) is 1. The molecule has 1 aliphatic carbocycles. The second-order valence-electron chi connectivity index (χ2n) is 5.05. The van der Waals surface area contributed by atoms with Crippen molar-refractivity contribution in [1.29, 1.82) is 0 Å². The predicted molar refractivity (Wildman–Crippen MR) is 61.2 cm³/mol. The molecule has 1 saturated carbocycles. The molecule has 2 fully saturated rings. The van der Waals surface area contributed by atoms with Gasteiger partial charge in [0.15, 0.2) is 0 Å². The van der Waals surface area contributed by atoms with E-state index in [0.29, 0.717) is 5.54 Å². The van der Waals surface area contributed by atoms with Crippen LogP contribution in [0.2, 0.25) is 0 Å². The van der Waals surface area contributed by atoms with Gasteiger partial charge < -0.3 is 5.32 Å². The maximum atomic E-state index is 3.81. The first-order chi connectivity index (χ1) is 6.91. The van der Waals surface area contributed by atoms with Gasteiger partial charge in [-0.15, -0.1) is 0 Å². The molecule has 2 rings (SSSR count). The second kappa shape index (κ2) is 5.16. The van der Waals surface area contributed by atoms with E-state index in [9.17, 15) is 0 Å². The van der Waals surface area contributed by atoms with Gasteiger partial charge in [-0.05, 0) is 38.6 Å². The van der Waals surface area contributed by atoms with Crippen LogP contribution in [0.5, 0.6) is 0 Å². The molecular formula is C13H24N. The van der Waals surface area contributed by atoms with Gasteiger partial charge in [0.1, 0.15) is 0 Å². The molecule has 1 nitrogen and oxygen atoms in total. The molecule has 1 heteroatoms. The van der Waals surface area contributed by atoms with Crippen molar-refractivity contribution in [2.75, 3.05) is 6.54 Å². The van der Waals surface area contributed by atoms with Crippen molar-refractivity contribution in [3.05, 3.63) is 6.42 Å². The lowest BCUT2D eigenvalue weighted by molar-refractivity contribution is 0.330. The third-order valence-corrected chi connectivity index (χ3v) is 3.89. The highest BCUT2D eigenvalue weighted by Gasteiger charge is 2.32. The minimum atomic E-state index is 0.456. The summed E-state index contributed by atoms with van der Waals surface area (Å²) >= 11 is 0. The lowest BCUT2D eigenvalue weighted by atomic mass is 9.89. The fraction of sp³-hybridized carbons (Fsp3) is 0.923. The van der Waals surface area contributed by atoms with Gasteiger partial charge >= 0.3 is 0 Å². The maximum Gasteiger partial charge on any atom is 0.0213 e. The van der Waals surface area contributed by atoms with Crippen LogP contribution in [0.1, 0.15) is 64.2 Å². The van der Waals surface area contributed by atoms with Crippen LogP contribution in [0.15, 0.2) is 0 Å². The lowest BCUT2D eigenvalue weighted by Crippen LogP contribution is -2.43. The zero-order valence-electron chi connectivity index (χ0n) is 9.36. The third kappa shape index (κ3) is 2.73. The zero-order valence-corrected chi connectivity index (χ0v) is 9.36. The van der Waals surface area contributed by atoms with Gasteiger partial charge in [0.05, 0.1) is 0 Å². The van der Waals surface area contributed by atoms with Crippen LogP contribution in [0.3, 0.4) is 0 Å². The molecule has 0 aromatic rings. The number of hydrogen-bond acceptors (Lipinski definition) is 1. The highest BCUT2D eigenvalue weighted by molar-refractivity contribution is 5.05. The van der Waals surface area contributed by atoms with Crippen molar-refractivity contribution in [1.82, 2.24) is 5.32 Å². The normalized spacial score (nSPS) is 29.1. The minimum absolute atomic E-state index is 0.456. The van der Waals surface area contributed by atoms with E-state index in [2.05, 4.69) is 11.7 Å². The summed E-state index contributed by atoms with van der Waals surface area (Å²) in [6.45, 7) is 1.25. The molecule has 0 amide bonds. The highest BCUT2D eigenvalue weighted by Crippen LogP contribution is 2.33. The van der Waals surface area contributed by atoms with E-state index < -0.39 is 0 Å². The molecule has 1 atom stereocenters. The molecule has 1 aliphatic heterocycles. The van der Waals surface area contributed by atoms with Crippen LogP contribution < -0.4 is 5.32 Å². The molecule has 1 radical (unpaired) electrons. The van der Waals surface area contributed by atoms with Gasteiger partial charge in [0.2, 0.25) is 0 Å². The molecule has 1 unspecified atom stereocenters. The molecule has 2 aliphatic rings. The first kappa shape index (κ1) is 10.5. The summed E-state index contributed by atoms with van der Waals surface area (Å²) in [5.74, 6) is 0. The van der Waals surface area contributed by atoms with Crippen LogP contribution in [0, 0.1) is 6.42 Å². The van der Waals surface area contributed by atoms with Crippen molar-refractivity contribution in [2.24, 2.45) is 0 Å². The van der Waals surface area contributed by atoms with E-state index in [1.165, 1.54) is 70.8 Å². The molecule has 81 valence electrons. The monoisotopic (exact) mass is 194 g/mol. The SMILES string of the molecule is [CH]1CCCC12CCCCCCCCN2. The molecular weight excluding hydrogens is 170 g/mol. The Labute approximate surface area is 88.7 Å². The Morgan fingerprint density at radius 1 is 0.786 bits per heavy atom. The van der Waals surface area contributed by atoms with Crippen molar-refractivity contribution in [3.63, 3.8) is 0 Å². The number of nitrogens with one attached hydrogen (secondary N) is 1. The van der Waals surface area contributed by atoms with Gasteiger partial charge in [-0.25, -0.2) is 0 Å². The van der Waals surface area contributed by atoms with Crippen molar-refractivity contribution < 1.29 is 0 Å². The van der Waals surface area contributed by atoms with Crippen LogP contribution >= 0.6 is 0 Å². The molecule has 0 aromatic heterocycles. The van der Waals surface area contributed by atoms with E-state index in [0.717, 1.165) is 0 Å².